The number of hydrogen-bond acceptors (Lipinski definition) is 3. The summed E-state index contributed by atoms with van der Waals surface area (Å²) in [6, 6.07) is 9.51. The van der Waals surface area contributed by atoms with Gasteiger partial charge in [0.1, 0.15) is 19.0 Å². The monoisotopic (exact) mass is 364 g/mol. The van der Waals surface area contributed by atoms with E-state index in [1.807, 2.05) is 30.3 Å². The highest BCUT2D eigenvalue weighted by Crippen LogP contribution is 2.36. The van der Waals surface area contributed by atoms with Gasteiger partial charge in [-0.1, -0.05) is 27.5 Å². The normalized spacial score (nSPS) is 13.6. The van der Waals surface area contributed by atoms with Crippen LogP contribution in [-0.4, -0.2) is 23.2 Å². The summed E-state index contributed by atoms with van der Waals surface area (Å²) in [6.07, 6.45) is 0. The van der Waals surface area contributed by atoms with Gasteiger partial charge < -0.3 is 14.5 Å². The molecule has 0 bridgehead atoms. The molecule has 0 saturated carbocycles. The number of fused-ring (bicyclic) bond motifs is 2. The van der Waals surface area contributed by atoms with Crippen LogP contribution in [0.2, 0.25) is 5.02 Å². The van der Waals surface area contributed by atoms with E-state index in [0.717, 1.165) is 38.4 Å². The number of benzene rings is 2. The van der Waals surface area contributed by atoms with Gasteiger partial charge >= 0.3 is 0 Å². The Hall–Kier alpha value is -1.72. The van der Waals surface area contributed by atoms with E-state index in [-0.39, 0.29) is 0 Å². The molecule has 0 atom stereocenters. The smallest absolute Gasteiger partial charge is 0.163 e. The number of H-pyrrole nitrogens is 1. The summed E-state index contributed by atoms with van der Waals surface area (Å²) in [5, 5.41) is 0.640. The van der Waals surface area contributed by atoms with Gasteiger partial charge in [-0.2, -0.15) is 0 Å². The summed E-state index contributed by atoms with van der Waals surface area (Å²) in [7, 11) is 0. The topological polar surface area (TPSA) is 47.1 Å². The maximum Gasteiger partial charge on any atom is 0.163 e. The average Bonchev–Trinajstić information content (AvgIpc) is 2.87. The third-order valence-electron chi connectivity index (χ3n) is 3.33. The summed E-state index contributed by atoms with van der Waals surface area (Å²) in [6.45, 7) is 1.13. The lowest BCUT2D eigenvalue weighted by Crippen LogP contribution is -2.15. The molecule has 0 fully saturated rings. The van der Waals surface area contributed by atoms with Crippen LogP contribution in [0.4, 0.5) is 0 Å². The molecule has 0 unspecified atom stereocenters. The minimum absolute atomic E-state index is 0.564. The molecule has 1 aliphatic rings. The Morgan fingerprint density at radius 2 is 1.86 bits per heavy atom. The van der Waals surface area contributed by atoms with E-state index in [2.05, 4.69) is 25.9 Å². The number of aromatic nitrogens is 2. The van der Waals surface area contributed by atoms with Gasteiger partial charge in [-0.25, -0.2) is 4.98 Å². The first-order valence-electron chi connectivity index (χ1n) is 6.45. The Balaban J connectivity index is 1.86. The largest absolute Gasteiger partial charge is 0.486 e. The molecule has 0 radical (unpaired) electrons. The molecule has 4 nitrogen and oxygen atoms in total. The van der Waals surface area contributed by atoms with Crippen molar-refractivity contribution in [1.29, 1.82) is 0 Å². The number of nitrogens with zero attached hydrogens (tertiary/aromatic N) is 1. The summed E-state index contributed by atoms with van der Waals surface area (Å²) < 4.78 is 12.1. The fraction of sp³-hybridized carbons (Fsp3) is 0.133. The molecule has 1 N–H and O–H groups in total. The van der Waals surface area contributed by atoms with Gasteiger partial charge in [0.2, 0.25) is 0 Å². The van der Waals surface area contributed by atoms with E-state index in [1.165, 1.54) is 0 Å². The molecular weight excluding hydrogens is 356 g/mol. The highest BCUT2D eigenvalue weighted by Gasteiger charge is 2.16. The standard InChI is InChI=1S/C15H10BrClN2O2/c16-8-1-2-9(10(17)5-8)15-18-11-6-13-14(7-12(11)19-15)21-4-3-20-13/h1-2,5-7H,3-4H2,(H,18,19). The van der Waals surface area contributed by atoms with Crippen LogP contribution in [0.5, 0.6) is 11.5 Å². The summed E-state index contributed by atoms with van der Waals surface area (Å²) in [5.74, 6) is 2.20. The van der Waals surface area contributed by atoms with Gasteiger partial charge in [-0.05, 0) is 18.2 Å². The van der Waals surface area contributed by atoms with Gasteiger partial charge in [0.25, 0.3) is 0 Å². The molecule has 3 aromatic rings. The van der Waals surface area contributed by atoms with Crippen molar-refractivity contribution in [3.8, 4) is 22.9 Å². The molecule has 0 spiro atoms. The van der Waals surface area contributed by atoms with Crippen molar-refractivity contribution >= 4 is 38.6 Å². The molecule has 0 aliphatic carbocycles. The van der Waals surface area contributed by atoms with E-state index >= 15 is 0 Å². The molecule has 0 amide bonds. The van der Waals surface area contributed by atoms with Crippen molar-refractivity contribution in [2.24, 2.45) is 0 Å². The summed E-state index contributed by atoms with van der Waals surface area (Å²) in [4.78, 5) is 7.87. The van der Waals surface area contributed by atoms with Crippen LogP contribution in [0, 0.1) is 0 Å². The van der Waals surface area contributed by atoms with Crippen molar-refractivity contribution in [2.75, 3.05) is 13.2 Å². The molecule has 21 heavy (non-hydrogen) atoms. The van der Waals surface area contributed by atoms with E-state index in [9.17, 15) is 0 Å². The van der Waals surface area contributed by atoms with Crippen LogP contribution in [-0.2, 0) is 0 Å². The van der Waals surface area contributed by atoms with E-state index in [4.69, 9.17) is 21.1 Å². The first-order chi connectivity index (χ1) is 10.2. The first-order valence-corrected chi connectivity index (χ1v) is 7.62. The quantitative estimate of drug-likeness (QED) is 0.694. The van der Waals surface area contributed by atoms with Crippen LogP contribution in [0.15, 0.2) is 34.8 Å². The number of halogens is 2. The van der Waals surface area contributed by atoms with Gasteiger partial charge in [0, 0.05) is 22.2 Å². The van der Waals surface area contributed by atoms with Crippen molar-refractivity contribution in [2.45, 2.75) is 0 Å². The Labute approximate surface area is 134 Å². The molecule has 2 heterocycles. The fourth-order valence-corrected chi connectivity index (χ4v) is 3.12. The predicted molar refractivity (Wildman–Crippen MR) is 85.2 cm³/mol. The number of imidazole rings is 1. The van der Waals surface area contributed by atoms with Crippen molar-refractivity contribution < 1.29 is 9.47 Å². The predicted octanol–water partition coefficient (Wildman–Crippen LogP) is 4.42. The Kier molecular flexibility index (Phi) is 3.05. The molecule has 6 heteroatoms. The second kappa shape index (κ2) is 4.93. The molecule has 1 aliphatic heterocycles. The second-order valence-corrected chi connectivity index (χ2v) is 6.05. The molecular formula is C15H10BrClN2O2. The Morgan fingerprint density at radius 3 is 2.62 bits per heavy atom. The van der Waals surface area contributed by atoms with Crippen molar-refractivity contribution in [1.82, 2.24) is 9.97 Å². The maximum atomic E-state index is 6.28. The fourth-order valence-electron chi connectivity index (χ4n) is 2.36. The number of nitrogens with one attached hydrogen (secondary N) is 1. The highest BCUT2D eigenvalue weighted by molar-refractivity contribution is 9.10. The van der Waals surface area contributed by atoms with Gasteiger partial charge in [0.05, 0.1) is 16.1 Å². The summed E-state index contributed by atoms with van der Waals surface area (Å²) >= 11 is 9.68. The average molecular weight is 366 g/mol. The zero-order chi connectivity index (χ0) is 14.4. The number of ether oxygens (including phenoxy) is 2. The lowest BCUT2D eigenvalue weighted by molar-refractivity contribution is 0.172. The number of aromatic amines is 1. The minimum Gasteiger partial charge on any atom is -0.486 e. The number of rotatable bonds is 1. The maximum absolute atomic E-state index is 6.28. The zero-order valence-corrected chi connectivity index (χ0v) is 13.2. The number of hydrogen-bond donors (Lipinski definition) is 1. The Bertz CT molecular complexity index is 804. The molecule has 0 saturated heterocycles. The second-order valence-electron chi connectivity index (χ2n) is 4.72. The molecule has 4 rings (SSSR count). The van der Waals surface area contributed by atoms with Crippen LogP contribution in [0.3, 0.4) is 0 Å². The Morgan fingerprint density at radius 1 is 1.10 bits per heavy atom. The summed E-state index contributed by atoms with van der Waals surface area (Å²) in [5.41, 5.74) is 2.58. The minimum atomic E-state index is 0.564. The van der Waals surface area contributed by atoms with Gasteiger partial charge in [0.15, 0.2) is 11.5 Å². The first kappa shape index (κ1) is 13.0. The van der Waals surface area contributed by atoms with Crippen LogP contribution < -0.4 is 9.47 Å². The van der Waals surface area contributed by atoms with Crippen LogP contribution >= 0.6 is 27.5 Å². The third kappa shape index (κ3) is 2.26. The van der Waals surface area contributed by atoms with Gasteiger partial charge in [-0.15, -0.1) is 0 Å². The van der Waals surface area contributed by atoms with Crippen molar-refractivity contribution in [3.63, 3.8) is 0 Å². The zero-order valence-electron chi connectivity index (χ0n) is 10.8. The highest BCUT2D eigenvalue weighted by atomic mass is 79.9. The third-order valence-corrected chi connectivity index (χ3v) is 4.14. The van der Waals surface area contributed by atoms with Crippen LogP contribution in [0.25, 0.3) is 22.4 Å². The molecule has 106 valence electrons. The molecule has 2 aromatic carbocycles. The van der Waals surface area contributed by atoms with E-state index < -0.39 is 0 Å². The van der Waals surface area contributed by atoms with Crippen LogP contribution in [0.1, 0.15) is 0 Å². The van der Waals surface area contributed by atoms with E-state index in [0.29, 0.717) is 18.2 Å². The lowest BCUT2D eigenvalue weighted by Gasteiger charge is -2.17. The van der Waals surface area contributed by atoms with Gasteiger partial charge in [-0.3, -0.25) is 0 Å². The SMILES string of the molecule is Clc1cc(Br)ccc1-c1nc2cc3c(cc2[nH]1)OCCO3. The lowest BCUT2D eigenvalue weighted by atomic mass is 10.2. The van der Waals surface area contributed by atoms with Crippen molar-refractivity contribution in [3.05, 3.63) is 39.8 Å². The molecule has 1 aromatic heterocycles. The van der Waals surface area contributed by atoms with E-state index in [1.54, 1.807) is 0 Å².